The number of nitrogens with one attached hydrogen (secondary N) is 2. The van der Waals surface area contributed by atoms with E-state index in [4.69, 9.17) is 5.73 Å². The molecule has 3 heterocycles. The van der Waals surface area contributed by atoms with Gasteiger partial charge in [0.05, 0.1) is 6.20 Å². The number of rotatable bonds is 5. The van der Waals surface area contributed by atoms with Crippen LogP contribution in [0.4, 0.5) is 26.1 Å². The van der Waals surface area contributed by atoms with Gasteiger partial charge in [-0.05, 0) is 12.1 Å². The number of aromatic nitrogens is 4. The zero-order chi connectivity index (χ0) is 20.1. The highest BCUT2D eigenvalue weighted by molar-refractivity contribution is 5.98. The van der Waals surface area contributed by atoms with Crippen molar-refractivity contribution in [2.75, 3.05) is 17.7 Å². The molecule has 9 nitrogen and oxygen atoms in total. The van der Waals surface area contributed by atoms with Gasteiger partial charge < -0.3 is 20.9 Å². The van der Waals surface area contributed by atoms with E-state index < -0.39 is 23.4 Å². The Hall–Kier alpha value is -3.50. The van der Waals surface area contributed by atoms with Crippen molar-refractivity contribution in [2.24, 2.45) is 5.73 Å². The Balaban J connectivity index is 1.71. The minimum atomic E-state index is -2.73. The zero-order valence-electron chi connectivity index (χ0n) is 14.8. The Morgan fingerprint density at radius 1 is 1.39 bits per heavy atom. The lowest BCUT2D eigenvalue weighted by Crippen LogP contribution is -2.41. The summed E-state index contributed by atoms with van der Waals surface area (Å²) in [5, 5.41) is 9.89. The molecule has 1 fully saturated rings. The van der Waals surface area contributed by atoms with E-state index in [0.717, 1.165) is 0 Å². The van der Waals surface area contributed by atoms with Crippen LogP contribution in [0.25, 0.3) is 5.65 Å². The summed E-state index contributed by atoms with van der Waals surface area (Å²) < 4.78 is 29.0. The summed E-state index contributed by atoms with van der Waals surface area (Å²) in [6, 6.07) is 4.19. The molecule has 4 rings (SSSR count). The largest absolute Gasteiger partial charge is 0.373 e. The van der Waals surface area contributed by atoms with Crippen LogP contribution in [0.5, 0.6) is 0 Å². The molecule has 0 spiro atoms. The van der Waals surface area contributed by atoms with E-state index in [1.54, 1.807) is 19.2 Å². The Morgan fingerprint density at radius 3 is 2.79 bits per heavy atom. The molecule has 0 bridgehead atoms. The smallest absolute Gasteiger partial charge is 0.274 e. The van der Waals surface area contributed by atoms with Crippen molar-refractivity contribution < 1.29 is 13.6 Å². The SMILES string of the molecule is CNc1cc(Nc2cccn(C3CC(F)(F)C3)c2=O)nc2c(C(N)=O)cnn12. The molecule has 3 aromatic heterocycles. The molecule has 4 N–H and O–H groups in total. The minimum absolute atomic E-state index is 0.127. The molecule has 0 atom stereocenters. The van der Waals surface area contributed by atoms with Crippen LogP contribution in [0, 0.1) is 0 Å². The summed E-state index contributed by atoms with van der Waals surface area (Å²) in [5.74, 6) is -2.63. The number of alkyl halides is 2. The average molecular weight is 389 g/mol. The molecule has 0 radical (unpaired) electrons. The Bertz CT molecular complexity index is 1130. The van der Waals surface area contributed by atoms with Gasteiger partial charge in [-0.1, -0.05) is 0 Å². The van der Waals surface area contributed by atoms with Gasteiger partial charge in [0.15, 0.2) is 5.65 Å². The second-order valence-electron chi connectivity index (χ2n) is 6.61. The fraction of sp³-hybridized carbons (Fsp3) is 0.294. The van der Waals surface area contributed by atoms with Crippen LogP contribution in [-0.4, -0.2) is 38.0 Å². The average Bonchev–Trinajstić information content (AvgIpc) is 3.05. The van der Waals surface area contributed by atoms with Crippen LogP contribution in [0.1, 0.15) is 29.2 Å². The molecule has 1 amide bonds. The van der Waals surface area contributed by atoms with E-state index in [1.165, 1.54) is 27.5 Å². The normalized spacial score (nSPS) is 16.0. The maximum Gasteiger partial charge on any atom is 0.274 e. The van der Waals surface area contributed by atoms with E-state index in [0.29, 0.717) is 5.82 Å². The molecule has 146 valence electrons. The lowest BCUT2D eigenvalue weighted by molar-refractivity contribution is -0.104. The lowest BCUT2D eigenvalue weighted by atomic mass is 9.88. The second-order valence-corrected chi connectivity index (χ2v) is 6.61. The van der Waals surface area contributed by atoms with Crippen molar-refractivity contribution in [3.05, 3.63) is 46.5 Å². The number of nitrogens with two attached hydrogens (primary N) is 1. The lowest BCUT2D eigenvalue weighted by Gasteiger charge is -2.36. The summed E-state index contributed by atoms with van der Waals surface area (Å²) in [5.41, 5.74) is 5.44. The number of primary amides is 1. The second kappa shape index (κ2) is 6.29. The van der Waals surface area contributed by atoms with Crippen LogP contribution in [0.3, 0.4) is 0 Å². The first kappa shape index (κ1) is 17.9. The first-order valence-corrected chi connectivity index (χ1v) is 8.51. The number of nitrogens with zero attached hydrogens (tertiary/aromatic N) is 4. The van der Waals surface area contributed by atoms with Crippen molar-refractivity contribution in [1.29, 1.82) is 0 Å². The van der Waals surface area contributed by atoms with Gasteiger partial charge in [0.2, 0.25) is 0 Å². The van der Waals surface area contributed by atoms with E-state index in [9.17, 15) is 18.4 Å². The third-order valence-electron chi connectivity index (χ3n) is 4.69. The van der Waals surface area contributed by atoms with Crippen molar-refractivity contribution in [1.82, 2.24) is 19.2 Å². The Kier molecular flexibility index (Phi) is 4.02. The molecule has 0 unspecified atom stereocenters. The van der Waals surface area contributed by atoms with Crippen LogP contribution >= 0.6 is 0 Å². The molecule has 3 aromatic rings. The molecule has 1 aliphatic rings. The molecule has 1 aliphatic carbocycles. The van der Waals surface area contributed by atoms with Crippen LogP contribution in [0.2, 0.25) is 0 Å². The number of anilines is 3. The molecular weight excluding hydrogens is 372 g/mol. The highest BCUT2D eigenvalue weighted by Gasteiger charge is 2.46. The molecule has 0 aromatic carbocycles. The predicted molar refractivity (Wildman–Crippen MR) is 98.3 cm³/mol. The Morgan fingerprint density at radius 2 is 2.14 bits per heavy atom. The van der Waals surface area contributed by atoms with Gasteiger partial charge in [0.1, 0.15) is 22.9 Å². The highest BCUT2D eigenvalue weighted by Crippen LogP contribution is 2.44. The summed E-state index contributed by atoms with van der Waals surface area (Å²) in [7, 11) is 1.66. The summed E-state index contributed by atoms with van der Waals surface area (Å²) in [6.07, 6.45) is 2.08. The summed E-state index contributed by atoms with van der Waals surface area (Å²) >= 11 is 0. The van der Waals surface area contributed by atoms with Crippen molar-refractivity contribution in [2.45, 2.75) is 24.8 Å². The summed E-state index contributed by atoms with van der Waals surface area (Å²) in [4.78, 5) is 28.6. The van der Waals surface area contributed by atoms with Gasteiger partial charge in [-0.2, -0.15) is 9.61 Å². The Labute approximate surface area is 157 Å². The quantitative estimate of drug-likeness (QED) is 0.612. The number of halogens is 2. The number of amides is 1. The van der Waals surface area contributed by atoms with Crippen molar-refractivity contribution in [3.8, 4) is 0 Å². The maximum absolute atomic E-state index is 13.2. The van der Waals surface area contributed by atoms with Crippen molar-refractivity contribution in [3.63, 3.8) is 0 Å². The van der Waals surface area contributed by atoms with Crippen molar-refractivity contribution >= 4 is 28.9 Å². The van der Waals surface area contributed by atoms with Crippen LogP contribution in [0.15, 0.2) is 35.4 Å². The number of carbonyl (C=O) groups excluding carboxylic acids is 1. The van der Waals surface area contributed by atoms with Gasteiger partial charge in [0.25, 0.3) is 17.4 Å². The van der Waals surface area contributed by atoms with E-state index >= 15 is 0 Å². The van der Waals surface area contributed by atoms with E-state index in [-0.39, 0.29) is 35.6 Å². The van der Waals surface area contributed by atoms with E-state index in [2.05, 4.69) is 20.7 Å². The molecule has 11 heteroatoms. The standard InChI is InChI=1S/C17H17F2N7O2/c1-21-13-5-12(24-15-10(14(20)27)8-22-26(13)15)23-11-3-2-4-25(16(11)28)9-6-17(18,19)7-9/h2-5,8-9,21H,6-7H2,1H3,(H2,20,27)(H,23,24). The first-order chi connectivity index (χ1) is 13.3. The van der Waals surface area contributed by atoms with Gasteiger partial charge in [-0.25, -0.2) is 13.8 Å². The molecule has 0 saturated heterocycles. The zero-order valence-corrected chi connectivity index (χ0v) is 14.8. The van der Waals surface area contributed by atoms with Gasteiger partial charge in [-0.3, -0.25) is 9.59 Å². The number of hydrogen-bond donors (Lipinski definition) is 3. The fourth-order valence-corrected chi connectivity index (χ4v) is 3.24. The monoisotopic (exact) mass is 389 g/mol. The third kappa shape index (κ3) is 2.94. The van der Waals surface area contributed by atoms with E-state index in [1.807, 2.05) is 0 Å². The minimum Gasteiger partial charge on any atom is -0.373 e. The van der Waals surface area contributed by atoms with Crippen LogP contribution in [-0.2, 0) is 0 Å². The number of hydrogen-bond acceptors (Lipinski definition) is 6. The highest BCUT2D eigenvalue weighted by atomic mass is 19.3. The first-order valence-electron chi connectivity index (χ1n) is 8.51. The number of pyridine rings is 1. The van der Waals surface area contributed by atoms with Gasteiger partial charge in [-0.15, -0.1) is 0 Å². The summed E-state index contributed by atoms with van der Waals surface area (Å²) in [6.45, 7) is 0. The number of carbonyl (C=O) groups is 1. The van der Waals surface area contributed by atoms with Crippen LogP contribution < -0.4 is 21.9 Å². The predicted octanol–water partition coefficient (Wildman–Crippen LogP) is 1.75. The topological polar surface area (TPSA) is 119 Å². The third-order valence-corrected chi connectivity index (χ3v) is 4.69. The molecule has 28 heavy (non-hydrogen) atoms. The van der Waals surface area contributed by atoms with Gasteiger partial charge in [0, 0.05) is 38.2 Å². The number of fused-ring (bicyclic) bond motifs is 1. The molecular formula is C17H17F2N7O2. The molecule has 0 aliphatic heterocycles. The van der Waals surface area contributed by atoms with Gasteiger partial charge >= 0.3 is 0 Å². The maximum atomic E-state index is 13.2. The molecule has 1 saturated carbocycles. The fourth-order valence-electron chi connectivity index (χ4n) is 3.24.